The number of likely N-dealkylation sites (tertiary alicyclic amines) is 1. The minimum Gasteiger partial charge on any atom is -0.480 e. The predicted molar refractivity (Wildman–Crippen MR) is 65.2 cm³/mol. The normalized spacial score (nSPS) is 22.3. The summed E-state index contributed by atoms with van der Waals surface area (Å²) in [5.41, 5.74) is 0.822. The molecule has 0 radical (unpaired) electrons. The van der Waals surface area contributed by atoms with E-state index in [9.17, 15) is 14.7 Å². The number of amides is 2. The number of carbonyl (C=O) groups is 2. The number of β-amino-alcohol motifs (C(OH)–C–C–N with tert-alkyl or cyclic N) is 1. The number of aliphatic hydroxyl groups is 1. The molecule has 0 aromatic carbocycles. The minimum atomic E-state index is -1.10. The molecule has 1 saturated heterocycles. The molecule has 7 heteroatoms. The molecule has 0 spiro atoms. The summed E-state index contributed by atoms with van der Waals surface area (Å²) in [4.78, 5) is 28.0. The summed E-state index contributed by atoms with van der Waals surface area (Å²) in [5, 5.41) is 21.1. The van der Waals surface area contributed by atoms with Crippen molar-refractivity contribution in [3.8, 4) is 0 Å². The van der Waals surface area contributed by atoms with Crippen molar-refractivity contribution < 1.29 is 19.8 Å². The Balaban J connectivity index is 1.94. The lowest BCUT2D eigenvalue weighted by Crippen LogP contribution is -2.45. The first-order valence-corrected chi connectivity index (χ1v) is 5.92. The number of aromatic nitrogens is 1. The molecule has 1 fully saturated rings. The Labute approximate surface area is 109 Å². The number of aliphatic carboxylic acids is 1. The van der Waals surface area contributed by atoms with Crippen molar-refractivity contribution in [3.63, 3.8) is 0 Å². The number of nitrogens with one attached hydrogen (secondary N) is 1. The number of carbonyl (C=O) groups excluding carboxylic acids is 1. The van der Waals surface area contributed by atoms with E-state index in [1.165, 1.54) is 0 Å². The second-order valence-corrected chi connectivity index (χ2v) is 4.42. The average molecular weight is 265 g/mol. The Hall–Kier alpha value is -2.15. The van der Waals surface area contributed by atoms with Gasteiger partial charge in [-0.05, 0) is 11.6 Å². The largest absolute Gasteiger partial charge is 0.480 e. The van der Waals surface area contributed by atoms with Gasteiger partial charge in [0.2, 0.25) is 0 Å². The molecule has 0 aliphatic carbocycles. The van der Waals surface area contributed by atoms with Gasteiger partial charge in [0.25, 0.3) is 0 Å². The van der Waals surface area contributed by atoms with E-state index in [0.29, 0.717) is 0 Å². The molecule has 0 unspecified atom stereocenters. The minimum absolute atomic E-state index is 0.0375. The lowest BCUT2D eigenvalue weighted by molar-refractivity contribution is -0.141. The third-order valence-corrected chi connectivity index (χ3v) is 2.99. The molecular formula is C12H15N3O4. The molecule has 2 atom stereocenters. The van der Waals surface area contributed by atoms with Crippen molar-refractivity contribution in [1.82, 2.24) is 15.2 Å². The van der Waals surface area contributed by atoms with Crippen LogP contribution < -0.4 is 5.32 Å². The molecule has 1 aromatic rings. The molecule has 102 valence electrons. The quantitative estimate of drug-likeness (QED) is 0.703. The first kappa shape index (κ1) is 13.3. The van der Waals surface area contributed by atoms with Crippen molar-refractivity contribution in [1.29, 1.82) is 0 Å². The number of rotatable bonds is 3. The van der Waals surface area contributed by atoms with Gasteiger partial charge in [-0.1, -0.05) is 6.07 Å². The van der Waals surface area contributed by atoms with E-state index in [-0.39, 0.29) is 19.5 Å². The van der Waals surface area contributed by atoms with Crippen molar-refractivity contribution in [3.05, 3.63) is 30.1 Å². The highest BCUT2D eigenvalue weighted by molar-refractivity contribution is 5.83. The van der Waals surface area contributed by atoms with E-state index in [1.807, 2.05) is 0 Å². The van der Waals surface area contributed by atoms with Crippen molar-refractivity contribution in [2.24, 2.45) is 0 Å². The fraction of sp³-hybridized carbons (Fsp3) is 0.417. The first-order chi connectivity index (χ1) is 9.08. The lowest BCUT2D eigenvalue weighted by Gasteiger charge is -2.21. The van der Waals surface area contributed by atoms with Gasteiger partial charge in [0.15, 0.2) is 0 Å². The fourth-order valence-corrected chi connectivity index (χ4v) is 2.05. The zero-order valence-corrected chi connectivity index (χ0v) is 10.2. The summed E-state index contributed by atoms with van der Waals surface area (Å²) in [6.07, 6.45) is 2.52. The van der Waals surface area contributed by atoms with Crippen LogP contribution in [-0.2, 0) is 11.3 Å². The van der Waals surface area contributed by atoms with Gasteiger partial charge < -0.3 is 20.4 Å². The smallest absolute Gasteiger partial charge is 0.326 e. The maximum atomic E-state index is 11.9. The molecule has 2 amide bonds. The molecule has 2 rings (SSSR count). The molecule has 1 aliphatic heterocycles. The number of hydrogen-bond donors (Lipinski definition) is 3. The van der Waals surface area contributed by atoms with Crippen LogP contribution in [0.2, 0.25) is 0 Å². The number of aliphatic hydroxyl groups excluding tert-OH is 1. The van der Waals surface area contributed by atoms with Crippen LogP contribution in [0.25, 0.3) is 0 Å². The van der Waals surface area contributed by atoms with E-state index in [1.54, 1.807) is 24.5 Å². The van der Waals surface area contributed by atoms with Gasteiger partial charge in [0, 0.05) is 31.9 Å². The van der Waals surface area contributed by atoms with Crippen molar-refractivity contribution in [2.75, 3.05) is 6.54 Å². The fourth-order valence-electron chi connectivity index (χ4n) is 2.05. The van der Waals surface area contributed by atoms with E-state index in [2.05, 4.69) is 10.3 Å². The molecule has 0 bridgehead atoms. The van der Waals surface area contributed by atoms with E-state index in [0.717, 1.165) is 10.5 Å². The number of pyridine rings is 1. The number of carboxylic acid groups (broad SMARTS) is 1. The van der Waals surface area contributed by atoms with Crippen LogP contribution in [0.1, 0.15) is 12.0 Å². The summed E-state index contributed by atoms with van der Waals surface area (Å²) in [7, 11) is 0. The van der Waals surface area contributed by atoms with Gasteiger partial charge >= 0.3 is 12.0 Å². The Kier molecular flexibility index (Phi) is 3.96. The zero-order valence-electron chi connectivity index (χ0n) is 10.2. The molecule has 0 saturated carbocycles. The van der Waals surface area contributed by atoms with E-state index in [4.69, 9.17) is 5.11 Å². The number of urea groups is 1. The van der Waals surface area contributed by atoms with Gasteiger partial charge in [0.1, 0.15) is 6.04 Å². The SMILES string of the molecule is O=C(O)[C@@H]1C[C@H](O)CN1C(=O)NCc1cccnc1. The monoisotopic (exact) mass is 265 g/mol. The number of carboxylic acids is 1. The van der Waals surface area contributed by atoms with Crippen molar-refractivity contribution >= 4 is 12.0 Å². The summed E-state index contributed by atoms with van der Waals surface area (Å²) in [6, 6.07) is 2.10. The summed E-state index contributed by atoms with van der Waals surface area (Å²) in [5.74, 6) is -1.10. The third-order valence-electron chi connectivity index (χ3n) is 2.99. The van der Waals surface area contributed by atoms with Crippen LogP contribution in [0.15, 0.2) is 24.5 Å². The van der Waals surface area contributed by atoms with E-state index < -0.39 is 24.1 Å². The van der Waals surface area contributed by atoms with E-state index >= 15 is 0 Å². The Morgan fingerprint density at radius 2 is 2.32 bits per heavy atom. The first-order valence-electron chi connectivity index (χ1n) is 5.92. The number of hydrogen-bond acceptors (Lipinski definition) is 4. The van der Waals surface area contributed by atoms with Gasteiger partial charge in [-0.15, -0.1) is 0 Å². The zero-order chi connectivity index (χ0) is 13.8. The second kappa shape index (κ2) is 5.66. The molecule has 2 heterocycles. The summed E-state index contributed by atoms with van der Waals surface area (Å²) in [6.45, 7) is 0.307. The van der Waals surface area contributed by atoms with Crippen LogP contribution in [0.3, 0.4) is 0 Å². The van der Waals surface area contributed by atoms with Crippen LogP contribution in [0, 0.1) is 0 Å². The van der Waals surface area contributed by atoms with Crippen LogP contribution in [0.5, 0.6) is 0 Å². The molecule has 1 aromatic heterocycles. The average Bonchev–Trinajstić information content (AvgIpc) is 2.79. The Bertz CT molecular complexity index is 465. The Morgan fingerprint density at radius 3 is 2.95 bits per heavy atom. The van der Waals surface area contributed by atoms with Gasteiger partial charge in [0.05, 0.1) is 6.10 Å². The maximum absolute atomic E-state index is 11.9. The van der Waals surface area contributed by atoms with Gasteiger partial charge in [-0.25, -0.2) is 9.59 Å². The van der Waals surface area contributed by atoms with Crippen LogP contribution >= 0.6 is 0 Å². The molecular weight excluding hydrogens is 250 g/mol. The standard InChI is InChI=1S/C12H15N3O4/c16-9-4-10(11(17)18)15(7-9)12(19)14-6-8-2-1-3-13-5-8/h1-3,5,9-10,16H,4,6-7H2,(H,14,19)(H,17,18)/t9-,10-/m0/s1. The van der Waals surface area contributed by atoms with Crippen molar-refractivity contribution in [2.45, 2.75) is 25.1 Å². The van der Waals surface area contributed by atoms with Gasteiger partial charge in [-0.2, -0.15) is 0 Å². The highest BCUT2D eigenvalue weighted by Gasteiger charge is 2.38. The number of nitrogens with zero attached hydrogens (tertiary/aromatic N) is 2. The topological polar surface area (TPSA) is 103 Å². The Morgan fingerprint density at radius 1 is 1.53 bits per heavy atom. The molecule has 19 heavy (non-hydrogen) atoms. The molecule has 7 nitrogen and oxygen atoms in total. The highest BCUT2D eigenvalue weighted by Crippen LogP contribution is 2.18. The van der Waals surface area contributed by atoms with Gasteiger partial charge in [-0.3, -0.25) is 4.98 Å². The maximum Gasteiger partial charge on any atom is 0.326 e. The van der Waals surface area contributed by atoms with Crippen LogP contribution in [-0.4, -0.2) is 50.8 Å². The predicted octanol–water partition coefficient (Wildman–Crippen LogP) is -0.189. The second-order valence-electron chi connectivity index (χ2n) is 4.42. The molecule has 1 aliphatic rings. The lowest BCUT2D eigenvalue weighted by atomic mass is 10.2. The highest BCUT2D eigenvalue weighted by atomic mass is 16.4. The summed E-state index contributed by atoms with van der Waals surface area (Å²) >= 11 is 0. The summed E-state index contributed by atoms with van der Waals surface area (Å²) < 4.78 is 0. The molecule has 3 N–H and O–H groups in total. The van der Waals surface area contributed by atoms with Crippen LogP contribution in [0.4, 0.5) is 4.79 Å². The third kappa shape index (κ3) is 3.19.